The molecule has 0 spiro atoms. The summed E-state index contributed by atoms with van der Waals surface area (Å²) in [6, 6.07) is 1.88. The molecule has 26 heavy (non-hydrogen) atoms. The summed E-state index contributed by atoms with van der Waals surface area (Å²) in [5, 5.41) is 0. The number of rotatable bonds is 3. The maximum Gasteiger partial charge on any atom is 0.433 e. The normalized spacial score (nSPS) is 17.8. The third-order valence-electron chi connectivity index (χ3n) is 3.83. The number of piperidine rings is 1. The Morgan fingerprint density at radius 1 is 1.15 bits per heavy atom. The summed E-state index contributed by atoms with van der Waals surface area (Å²) in [6.45, 7) is 0.671. The molecule has 2 aromatic rings. The second-order valence-electron chi connectivity index (χ2n) is 5.75. The van der Waals surface area contributed by atoms with Crippen LogP contribution in [0.2, 0.25) is 0 Å². The van der Waals surface area contributed by atoms with Gasteiger partial charge in [0.05, 0.1) is 24.5 Å². The molecular weight excluding hydrogens is 356 g/mol. The maximum atomic E-state index is 12.8. The second-order valence-corrected chi connectivity index (χ2v) is 5.75. The Labute approximate surface area is 145 Å². The van der Waals surface area contributed by atoms with Crippen molar-refractivity contribution in [1.82, 2.24) is 19.9 Å². The number of ether oxygens (including phenoxy) is 1. The first-order valence-corrected chi connectivity index (χ1v) is 7.79. The van der Waals surface area contributed by atoms with Crippen molar-refractivity contribution < 1.29 is 27.1 Å². The number of hydrogen-bond donors (Lipinski definition) is 0. The largest absolute Gasteiger partial charge is 0.458 e. The van der Waals surface area contributed by atoms with Gasteiger partial charge in [-0.2, -0.15) is 13.2 Å². The molecule has 1 aliphatic rings. The van der Waals surface area contributed by atoms with Crippen molar-refractivity contribution in [3.63, 3.8) is 0 Å². The second kappa shape index (κ2) is 7.22. The van der Waals surface area contributed by atoms with Crippen LogP contribution in [0.25, 0.3) is 0 Å². The summed E-state index contributed by atoms with van der Waals surface area (Å²) >= 11 is 0. The van der Waals surface area contributed by atoms with Gasteiger partial charge in [-0.1, -0.05) is 0 Å². The Kier molecular flexibility index (Phi) is 5.01. The van der Waals surface area contributed by atoms with Crippen LogP contribution in [-0.4, -0.2) is 45.0 Å². The van der Waals surface area contributed by atoms with Crippen LogP contribution in [0.5, 0.6) is 6.01 Å². The van der Waals surface area contributed by atoms with E-state index in [0.717, 1.165) is 30.7 Å². The molecule has 1 aliphatic heterocycles. The average molecular weight is 370 g/mol. The van der Waals surface area contributed by atoms with E-state index in [1.807, 2.05) is 0 Å². The molecule has 3 rings (SSSR count). The third kappa shape index (κ3) is 4.24. The first-order chi connectivity index (χ1) is 12.3. The zero-order valence-electron chi connectivity index (χ0n) is 13.4. The fraction of sp³-hybridized carbons (Fsp3) is 0.375. The number of amides is 1. The van der Waals surface area contributed by atoms with Crippen LogP contribution in [-0.2, 0) is 6.18 Å². The van der Waals surface area contributed by atoms with Gasteiger partial charge in [-0.05, 0) is 25.0 Å². The molecule has 0 bridgehead atoms. The van der Waals surface area contributed by atoms with Crippen molar-refractivity contribution in [1.29, 1.82) is 0 Å². The quantitative estimate of drug-likeness (QED) is 0.777. The highest BCUT2D eigenvalue weighted by Gasteiger charge is 2.33. The van der Waals surface area contributed by atoms with Gasteiger partial charge >= 0.3 is 12.2 Å². The van der Waals surface area contributed by atoms with Crippen LogP contribution in [0.15, 0.2) is 30.7 Å². The van der Waals surface area contributed by atoms with Crippen molar-refractivity contribution in [3.05, 3.63) is 47.8 Å². The minimum absolute atomic E-state index is 0.00176. The van der Waals surface area contributed by atoms with Crippen molar-refractivity contribution in [3.8, 4) is 6.01 Å². The number of carbonyl (C=O) groups is 1. The molecule has 2 aromatic heterocycles. The first kappa shape index (κ1) is 18.0. The van der Waals surface area contributed by atoms with Gasteiger partial charge in [0.1, 0.15) is 11.8 Å². The molecule has 1 amide bonds. The van der Waals surface area contributed by atoms with Gasteiger partial charge in [-0.25, -0.2) is 14.4 Å². The van der Waals surface area contributed by atoms with Crippen LogP contribution < -0.4 is 4.74 Å². The van der Waals surface area contributed by atoms with Gasteiger partial charge in [-0.3, -0.25) is 9.78 Å². The Hall–Kier alpha value is -2.78. The number of alkyl halides is 3. The van der Waals surface area contributed by atoms with Gasteiger partial charge in [-0.15, -0.1) is 0 Å². The van der Waals surface area contributed by atoms with E-state index in [-0.39, 0.29) is 24.2 Å². The van der Waals surface area contributed by atoms with E-state index in [2.05, 4.69) is 15.0 Å². The lowest BCUT2D eigenvalue weighted by Gasteiger charge is -2.32. The van der Waals surface area contributed by atoms with Crippen LogP contribution in [0.4, 0.5) is 17.6 Å². The van der Waals surface area contributed by atoms with E-state index in [1.54, 1.807) is 0 Å². The van der Waals surface area contributed by atoms with Gasteiger partial charge in [0.15, 0.2) is 5.82 Å². The van der Waals surface area contributed by atoms with Gasteiger partial charge in [0, 0.05) is 12.7 Å². The predicted octanol–water partition coefficient (Wildman–Crippen LogP) is 2.71. The van der Waals surface area contributed by atoms with Gasteiger partial charge < -0.3 is 9.64 Å². The minimum Gasteiger partial charge on any atom is -0.458 e. The fourth-order valence-electron chi connectivity index (χ4n) is 2.60. The summed E-state index contributed by atoms with van der Waals surface area (Å²) in [6.07, 6.45) is -0.786. The standard InChI is InChI=1S/C16H14F4N4O2/c17-11-7-22-15(23-8-11)26-12-2-1-5-24(9-12)14(25)10-3-4-13(21-6-10)16(18,19)20/h3-4,6-8,12H,1-2,5,9H2. The van der Waals surface area contributed by atoms with Crippen molar-refractivity contribution in [2.24, 2.45) is 0 Å². The molecular formula is C16H14F4N4O2. The highest BCUT2D eigenvalue weighted by molar-refractivity contribution is 5.94. The number of hydrogen-bond acceptors (Lipinski definition) is 5. The van der Waals surface area contributed by atoms with E-state index in [0.29, 0.717) is 19.4 Å². The van der Waals surface area contributed by atoms with Crippen LogP contribution in [0.1, 0.15) is 28.9 Å². The lowest BCUT2D eigenvalue weighted by atomic mass is 10.1. The molecule has 0 radical (unpaired) electrons. The van der Waals surface area contributed by atoms with Crippen LogP contribution in [0.3, 0.4) is 0 Å². The van der Waals surface area contributed by atoms with E-state index in [9.17, 15) is 22.4 Å². The number of nitrogens with zero attached hydrogens (tertiary/aromatic N) is 4. The number of halogens is 4. The molecule has 10 heteroatoms. The number of pyridine rings is 1. The smallest absolute Gasteiger partial charge is 0.433 e. The molecule has 3 heterocycles. The van der Waals surface area contributed by atoms with Gasteiger partial charge in [0.2, 0.25) is 0 Å². The zero-order valence-corrected chi connectivity index (χ0v) is 13.4. The Balaban J connectivity index is 1.65. The van der Waals surface area contributed by atoms with Crippen molar-refractivity contribution in [2.75, 3.05) is 13.1 Å². The number of aromatic nitrogens is 3. The van der Waals surface area contributed by atoms with Crippen molar-refractivity contribution in [2.45, 2.75) is 25.1 Å². The number of carbonyl (C=O) groups excluding carboxylic acids is 1. The first-order valence-electron chi connectivity index (χ1n) is 7.79. The third-order valence-corrected chi connectivity index (χ3v) is 3.83. The number of likely N-dealkylation sites (tertiary alicyclic amines) is 1. The lowest BCUT2D eigenvalue weighted by molar-refractivity contribution is -0.141. The molecule has 0 aromatic carbocycles. The molecule has 0 N–H and O–H groups in total. The molecule has 0 aliphatic carbocycles. The van der Waals surface area contributed by atoms with E-state index in [4.69, 9.17) is 4.74 Å². The molecule has 1 fully saturated rings. The molecule has 0 saturated carbocycles. The highest BCUT2D eigenvalue weighted by atomic mass is 19.4. The molecule has 1 saturated heterocycles. The summed E-state index contributed by atoms with van der Waals surface area (Å²) in [7, 11) is 0. The summed E-state index contributed by atoms with van der Waals surface area (Å²) in [5.74, 6) is -1.02. The Morgan fingerprint density at radius 3 is 2.50 bits per heavy atom. The summed E-state index contributed by atoms with van der Waals surface area (Å²) < 4.78 is 56.0. The summed E-state index contributed by atoms with van der Waals surface area (Å²) in [5.41, 5.74) is -0.987. The summed E-state index contributed by atoms with van der Waals surface area (Å²) in [4.78, 5) is 24.7. The molecule has 6 nitrogen and oxygen atoms in total. The topological polar surface area (TPSA) is 68.2 Å². The molecule has 1 unspecified atom stereocenters. The Morgan fingerprint density at radius 2 is 1.88 bits per heavy atom. The fourth-order valence-corrected chi connectivity index (χ4v) is 2.60. The monoisotopic (exact) mass is 370 g/mol. The average Bonchev–Trinajstić information content (AvgIpc) is 2.63. The predicted molar refractivity (Wildman–Crippen MR) is 80.8 cm³/mol. The van der Waals surface area contributed by atoms with Crippen LogP contribution >= 0.6 is 0 Å². The van der Waals surface area contributed by atoms with E-state index in [1.165, 1.54) is 4.90 Å². The van der Waals surface area contributed by atoms with Crippen LogP contribution in [0, 0.1) is 5.82 Å². The molecule has 138 valence electrons. The lowest BCUT2D eigenvalue weighted by Crippen LogP contribution is -2.44. The molecule has 1 atom stereocenters. The zero-order chi connectivity index (χ0) is 18.7. The highest BCUT2D eigenvalue weighted by Crippen LogP contribution is 2.27. The maximum absolute atomic E-state index is 12.8. The SMILES string of the molecule is O=C(c1ccc(C(F)(F)F)nc1)N1CCCC(Oc2ncc(F)cn2)C1. The van der Waals surface area contributed by atoms with E-state index >= 15 is 0 Å². The van der Waals surface area contributed by atoms with Gasteiger partial charge in [0.25, 0.3) is 5.91 Å². The van der Waals surface area contributed by atoms with Crippen molar-refractivity contribution >= 4 is 5.91 Å². The Bertz CT molecular complexity index is 765. The van der Waals surface area contributed by atoms with E-state index < -0.39 is 23.6 Å². The minimum atomic E-state index is -4.55.